The number of hydrogen-bond acceptors (Lipinski definition) is 6. The van der Waals surface area contributed by atoms with Gasteiger partial charge in [-0.25, -0.2) is 13.5 Å². The molecule has 3 atom stereocenters. The van der Waals surface area contributed by atoms with Crippen molar-refractivity contribution >= 4 is 16.7 Å². The minimum Gasteiger partial charge on any atom is -0.491 e. The number of halogens is 3. The summed E-state index contributed by atoms with van der Waals surface area (Å²) in [5.41, 5.74) is 0.990. The van der Waals surface area contributed by atoms with Crippen LogP contribution in [0.15, 0.2) is 43.0 Å². The minimum atomic E-state index is -4.28. The predicted molar refractivity (Wildman–Crippen MR) is 116 cm³/mol. The van der Waals surface area contributed by atoms with Gasteiger partial charge in [0, 0.05) is 50.0 Å². The smallest absolute Gasteiger partial charge is 0.390 e. The Morgan fingerprint density at radius 1 is 1.15 bits per heavy atom. The topological polar surface area (TPSA) is 69.1 Å². The molecule has 12 heteroatoms. The summed E-state index contributed by atoms with van der Waals surface area (Å²) in [7, 11) is -1.60. The van der Waals surface area contributed by atoms with Crippen molar-refractivity contribution in [2.75, 3.05) is 50.0 Å². The number of alkyl halides is 3. The van der Waals surface area contributed by atoms with Gasteiger partial charge in [-0.3, -0.25) is 0 Å². The summed E-state index contributed by atoms with van der Waals surface area (Å²) in [5, 5.41) is 0. The van der Waals surface area contributed by atoms with Crippen molar-refractivity contribution in [3.05, 3.63) is 43.0 Å². The molecule has 0 radical (unpaired) electrons. The molecule has 3 unspecified atom stereocenters. The Labute approximate surface area is 192 Å². The van der Waals surface area contributed by atoms with Crippen molar-refractivity contribution in [1.82, 2.24) is 13.9 Å². The third kappa shape index (κ3) is 7.16. The lowest BCUT2D eigenvalue weighted by molar-refractivity contribution is -0.129. The lowest BCUT2D eigenvalue weighted by Gasteiger charge is -2.35. The zero-order chi connectivity index (χ0) is 23.3. The maximum absolute atomic E-state index is 12.3. The van der Waals surface area contributed by atoms with E-state index in [-0.39, 0.29) is 18.1 Å². The Morgan fingerprint density at radius 2 is 1.91 bits per heavy atom. The fourth-order valence-electron chi connectivity index (χ4n) is 3.68. The molecule has 1 aromatic heterocycles. The molecule has 0 spiro atoms. The van der Waals surface area contributed by atoms with Crippen LogP contribution in [0, 0.1) is 0 Å². The number of aromatic nitrogens is 2. The number of hydrogen-bond donors (Lipinski definition) is 0. The van der Waals surface area contributed by atoms with E-state index in [1.807, 2.05) is 35.0 Å². The van der Waals surface area contributed by atoms with E-state index in [1.165, 1.54) is 0 Å². The van der Waals surface area contributed by atoms with Crippen LogP contribution in [0.1, 0.15) is 6.42 Å². The third-order valence-corrected chi connectivity index (χ3v) is 6.95. The Bertz CT molecular complexity index is 890. The highest BCUT2D eigenvalue weighted by Gasteiger charge is 2.30. The maximum Gasteiger partial charge on any atom is 0.390 e. The summed E-state index contributed by atoms with van der Waals surface area (Å²) in [6.07, 6.45) is -0.499. The van der Waals surface area contributed by atoms with E-state index in [4.69, 9.17) is 14.2 Å². The number of benzene rings is 1. The van der Waals surface area contributed by atoms with Gasteiger partial charge < -0.3 is 23.7 Å². The molecule has 182 valence electrons. The van der Waals surface area contributed by atoms with Gasteiger partial charge in [0.25, 0.3) is 0 Å². The van der Waals surface area contributed by atoms with Crippen LogP contribution in [-0.2, 0) is 27.0 Å². The highest BCUT2D eigenvalue weighted by Crippen LogP contribution is 2.23. The molecule has 2 fully saturated rings. The Hall–Kier alpha value is -2.15. The summed E-state index contributed by atoms with van der Waals surface area (Å²) in [6.45, 7) is 3.54. The van der Waals surface area contributed by atoms with Crippen molar-refractivity contribution in [3.8, 4) is 5.75 Å². The fourth-order valence-corrected chi connectivity index (χ4v) is 4.92. The maximum atomic E-state index is 12.3. The molecule has 0 amide bonds. The predicted octanol–water partition coefficient (Wildman–Crippen LogP) is 2.44. The molecule has 3 heterocycles. The first-order chi connectivity index (χ1) is 15.9. The van der Waals surface area contributed by atoms with Crippen LogP contribution in [0.5, 0.6) is 5.75 Å². The summed E-state index contributed by atoms with van der Waals surface area (Å²) in [5.74, 6) is 0.336. The minimum absolute atomic E-state index is 0.149. The Balaban J connectivity index is 1.17. The summed E-state index contributed by atoms with van der Waals surface area (Å²) in [4.78, 5) is 6.12. The van der Waals surface area contributed by atoms with Gasteiger partial charge >= 0.3 is 6.18 Å². The van der Waals surface area contributed by atoms with Crippen LogP contribution in [0.3, 0.4) is 0 Å². The van der Waals surface area contributed by atoms with E-state index >= 15 is 0 Å². The van der Waals surface area contributed by atoms with Gasteiger partial charge in [-0.05, 0) is 24.3 Å². The third-order valence-electron chi connectivity index (χ3n) is 5.46. The van der Waals surface area contributed by atoms with Crippen molar-refractivity contribution in [3.63, 3.8) is 0 Å². The van der Waals surface area contributed by atoms with Gasteiger partial charge in [-0.2, -0.15) is 13.2 Å². The zero-order valence-electron chi connectivity index (χ0n) is 18.0. The first-order valence-corrected chi connectivity index (χ1v) is 12.0. The highest BCUT2D eigenvalue weighted by atomic mass is 32.2. The molecule has 8 nitrogen and oxygen atoms in total. The second-order valence-corrected chi connectivity index (χ2v) is 9.46. The number of anilines is 1. The van der Waals surface area contributed by atoms with E-state index in [1.54, 1.807) is 16.8 Å². The van der Waals surface area contributed by atoms with Gasteiger partial charge in [0.05, 0.1) is 36.9 Å². The number of imidazole rings is 1. The molecule has 0 saturated carbocycles. The SMILES string of the molecule is O=S(CCC(F)(F)F)N1CCN(c2ccc(OCC3COC(Cn4ccnc4)O3)cc2)CC1. The van der Waals surface area contributed by atoms with E-state index in [2.05, 4.69) is 9.88 Å². The fraction of sp³-hybridized carbons (Fsp3) is 0.571. The lowest BCUT2D eigenvalue weighted by atomic mass is 10.2. The second-order valence-electron chi connectivity index (χ2n) is 7.89. The van der Waals surface area contributed by atoms with Crippen molar-refractivity contribution in [1.29, 1.82) is 0 Å². The monoisotopic (exact) mass is 488 g/mol. The average Bonchev–Trinajstić information content (AvgIpc) is 3.48. The number of ether oxygens (including phenoxy) is 3. The van der Waals surface area contributed by atoms with Gasteiger partial charge in [0.1, 0.15) is 18.5 Å². The molecule has 1 aromatic carbocycles. The molecule has 0 aliphatic carbocycles. The largest absolute Gasteiger partial charge is 0.491 e. The standard InChI is InChI=1S/C21H27F3N4O4S/c22-21(23,24)5-12-33(29)28-10-8-27(9-11-28)17-1-3-18(4-2-17)30-14-19-15-31-20(32-19)13-26-7-6-25-16-26/h1-4,6-7,16,19-20H,5,8-15H2. The second kappa shape index (κ2) is 10.9. The van der Waals surface area contributed by atoms with Gasteiger partial charge in [-0.15, -0.1) is 0 Å². The highest BCUT2D eigenvalue weighted by molar-refractivity contribution is 7.82. The Morgan fingerprint density at radius 3 is 2.58 bits per heavy atom. The van der Waals surface area contributed by atoms with Crippen LogP contribution in [0.25, 0.3) is 0 Å². The normalized spacial score (nSPS) is 23.1. The molecule has 2 aliphatic rings. The van der Waals surface area contributed by atoms with Gasteiger partial charge in [0.15, 0.2) is 6.29 Å². The molecule has 2 aromatic rings. The van der Waals surface area contributed by atoms with Crippen LogP contribution in [0.2, 0.25) is 0 Å². The van der Waals surface area contributed by atoms with E-state index < -0.39 is 23.6 Å². The van der Waals surface area contributed by atoms with Crippen LogP contribution >= 0.6 is 0 Å². The van der Waals surface area contributed by atoms with E-state index in [0.29, 0.717) is 51.7 Å². The molecule has 4 rings (SSSR count). The van der Waals surface area contributed by atoms with Gasteiger partial charge in [-0.1, -0.05) is 0 Å². The molecular formula is C21H27F3N4O4S. The van der Waals surface area contributed by atoms with Crippen LogP contribution < -0.4 is 9.64 Å². The zero-order valence-corrected chi connectivity index (χ0v) is 18.8. The molecule has 0 N–H and O–H groups in total. The first-order valence-electron chi connectivity index (χ1n) is 10.8. The molecular weight excluding hydrogens is 461 g/mol. The van der Waals surface area contributed by atoms with E-state index in [9.17, 15) is 17.4 Å². The lowest BCUT2D eigenvalue weighted by Crippen LogP contribution is -2.47. The first kappa shape index (κ1) is 24.0. The number of piperazine rings is 1. The van der Waals surface area contributed by atoms with Crippen molar-refractivity contribution in [2.24, 2.45) is 0 Å². The quantitative estimate of drug-likeness (QED) is 0.540. The number of rotatable bonds is 9. The average molecular weight is 489 g/mol. The van der Waals surface area contributed by atoms with Crippen LogP contribution in [-0.4, -0.2) is 81.8 Å². The Kier molecular flexibility index (Phi) is 7.89. The molecule has 0 bridgehead atoms. The molecule has 33 heavy (non-hydrogen) atoms. The summed E-state index contributed by atoms with van der Waals surface area (Å²) in [6, 6.07) is 7.64. The van der Waals surface area contributed by atoms with Crippen molar-refractivity contribution < 1.29 is 31.6 Å². The summed E-state index contributed by atoms with van der Waals surface area (Å²) < 4.78 is 69.9. The number of nitrogens with zero attached hydrogens (tertiary/aromatic N) is 4. The van der Waals surface area contributed by atoms with Gasteiger partial charge in [0.2, 0.25) is 0 Å². The molecule has 2 saturated heterocycles. The van der Waals surface area contributed by atoms with E-state index in [0.717, 1.165) is 5.69 Å². The van der Waals surface area contributed by atoms with Crippen LogP contribution in [0.4, 0.5) is 18.9 Å². The molecule has 2 aliphatic heterocycles. The van der Waals surface area contributed by atoms with Crippen molar-refractivity contribution in [2.45, 2.75) is 31.5 Å². The summed E-state index contributed by atoms with van der Waals surface area (Å²) >= 11 is 0.